The highest BCUT2D eigenvalue weighted by molar-refractivity contribution is 7.92. The molecule has 0 amide bonds. The minimum absolute atomic E-state index is 0.244. The third-order valence-electron chi connectivity index (χ3n) is 2.87. The first-order chi connectivity index (χ1) is 10.1. The fourth-order valence-corrected chi connectivity index (χ4v) is 3.58. The van der Waals surface area contributed by atoms with Crippen LogP contribution in [0.3, 0.4) is 0 Å². The smallest absolute Gasteiger partial charge is 0.261 e. The Bertz CT molecular complexity index is 812. The Morgan fingerprint density at radius 3 is 2.29 bits per heavy atom. The van der Waals surface area contributed by atoms with Gasteiger partial charge in [-0.15, -0.1) is 11.3 Å². The van der Waals surface area contributed by atoms with Crippen molar-refractivity contribution >= 4 is 27.0 Å². The fraction of sp³-hybridized carbons (Fsp3) is 0. The largest absolute Gasteiger partial charge is 0.280 e. The van der Waals surface area contributed by atoms with Gasteiger partial charge in [-0.05, 0) is 36.4 Å². The summed E-state index contributed by atoms with van der Waals surface area (Å²) in [5.41, 5.74) is 1.49. The molecular formula is C15H12N2O2S2. The molecule has 106 valence electrons. The highest BCUT2D eigenvalue weighted by Gasteiger charge is 2.13. The minimum Gasteiger partial charge on any atom is -0.280 e. The van der Waals surface area contributed by atoms with E-state index in [1.165, 1.54) is 0 Å². The normalized spacial score (nSPS) is 11.2. The molecule has 0 fully saturated rings. The maximum absolute atomic E-state index is 12.2. The lowest BCUT2D eigenvalue weighted by Gasteiger charge is -2.08. The van der Waals surface area contributed by atoms with Crippen LogP contribution in [-0.4, -0.2) is 13.4 Å². The Morgan fingerprint density at radius 1 is 0.952 bits per heavy atom. The van der Waals surface area contributed by atoms with Crippen molar-refractivity contribution in [1.29, 1.82) is 0 Å². The van der Waals surface area contributed by atoms with Gasteiger partial charge in [-0.3, -0.25) is 4.72 Å². The number of aromatic nitrogens is 1. The Labute approximate surface area is 127 Å². The Kier molecular flexibility index (Phi) is 3.72. The summed E-state index contributed by atoms with van der Waals surface area (Å²) in [5.74, 6) is 0. The molecule has 1 N–H and O–H groups in total. The van der Waals surface area contributed by atoms with Gasteiger partial charge in [-0.1, -0.05) is 18.2 Å². The second kappa shape index (κ2) is 5.67. The van der Waals surface area contributed by atoms with Crippen LogP contribution in [0.25, 0.3) is 10.6 Å². The zero-order chi connectivity index (χ0) is 14.7. The summed E-state index contributed by atoms with van der Waals surface area (Å²) in [6.07, 6.45) is 1.74. The Morgan fingerprint density at radius 2 is 1.67 bits per heavy atom. The van der Waals surface area contributed by atoms with Gasteiger partial charge in [0.2, 0.25) is 0 Å². The van der Waals surface area contributed by atoms with Gasteiger partial charge >= 0.3 is 0 Å². The number of benzene rings is 2. The van der Waals surface area contributed by atoms with E-state index in [0.717, 1.165) is 10.6 Å². The number of anilines is 1. The third-order valence-corrected chi connectivity index (χ3v) is 5.09. The number of nitrogens with one attached hydrogen (secondary N) is 1. The molecule has 0 radical (unpaired) electrons. The molecule has 6 heteroatoms. The van der Waals surface area contributed by atoms with E-state index in [0.29, 0.717) is 5.69 Å². The van der Waals surface area contributed by atoms with Gasteiger partial charge in [-0.25, -0.2) is 13.4 Å². The van der Waals surface area contributed by atoms with Gasteiger partial charge in [0.1, 0.15) is 5.01 Å². The van der Waals surface area contributed by atoms with E-state index in [2.05, 4.69) is 9.71 Å². The first-order valence-electron chi connectivity index (χ1n) is 6.23. The van der Waals surface area contributed by atoms with E-state index < -0.39 is 10.0 Å². The van der Waals surface area contributed by atoms with Crippen molar-refractivity contribution in [3.63, 3.8) is 0 Å². The topological polar surface area (TPSA) is 59.1 Å². The van der Waals surface area contributed by atoms with Crippen molar-refractivity contribution in [2.24, 2.45) is 0 Å². The Balaban J connectivity index is 1.83. The molecule has 4 nitrogen and oxygen atoms in total. The van der Waals surface area contributed by atoms with Crippen LogP contribution in [0.15, 0.2) is 71.1 Å². The molecule has 21 heavy (non-hydrogen) atoms. The molecule has 0 aliphatic heterocycles. The van der Waals surface area contributed by atoms with Gasteiger partial charge in [-0.2, -0.15) is 0 Å². The van der Waals surface area contributed by atoms with E-state index in [1.807, 2.05) is 17.5 Å². The van der Waals surface area contributed by atoms with Crippen LogP contribution < -0.4 is 4.72 Å². The molecular weight excluding hydrogens is 304 g/mol. The van der Waals surface area contributed by atoms with Crippen LogP contribution in [-0.2, 0) is 10.0 Å². The van der Waals surface area contributed by atoms with Crippen LogP contribution in [0.2, 0.25) is 0 Å². The molecule has 3 aromatic rings. The van der Waals surface area contributed by atoms with E-state index in [-0.39, 0.29) is 4.90 Å². The van der Waals surface area contributed by atoms with Gasteiger partial charge in [0.25, 0.3) is 10.0 Å². The first kappa shape index (κ1) is 13.8. The van der Waals surface area contributed by atoms with Crippen LogP contribution in [0.1, 0.15) is 0 Å². The summed E-state index contributed by atoms with van der Waals surface area (Å²) in [6.45, 7) is 0. The number of sulfonamides is 1. The van der Waals surface area contributed by atoms with Crippen molar-refractivity contribution < 1.29 is 8.42 Å². The quantitative estimate of drug-likeness (QED) is 0.800. The van der Waals surface area contributed by atoms with Crippen molar-refractivity contribution in [3.8, 4) is 10.6 Å². The molecule has 0 aliphatic carbocycles. The maximum Gasteiger partial charge on any atom is 0.261 e. The molecule has 1 aromatic heterocycles. The number of nitrogens with zero attached hydrogens (tertiary/aromatic N) is 1. The van der Waals surface area contributed by atoms with Crippen LogP contribution >= 0.6 is 11.3 Å². The lowest BCUT2D eigenvalue weighted by Crippen LogP contribution is -2.12. The van der Waals surface area contributed by atoms with E-state index in [9.17, 15) is 8.42 Å². The first-order valence-corrected chi connectivity index (χ1v) is 8.59. The van der Waals surface area contributed by atoms with Crippen LogP contribution in [0.5, 0.6) is 0 Å². The highest BCUT2D eigenvalue weighted by Crippen LogP contribution is 2.24. The highest BCUT2D eigenvalue weighted by atomic mass is 32.2. The van der Waals surface area contributed by atoms with Gasteiger partial charge in [0.05, 0.1) is 4.90 Å². The predicted octanol–water partition coefficient (Wildman–Crippen LogP) is 3.61. The number of rotatable bonds is 4. The molecule has 0 spiro atoms. The molecule has 0 unspecified atom stereocenters. The molecule has 3 rings (SSSR count). The van der Waals surface area contributed by atoms with Crippen LogP contribution in [0.4, 0.5) is 5.69 Å². The summed E-state index contributed by atoms with van der Waals surface area (Å²) in [6, 6.07) is 15.5. The number of thiazole rings is 1. The van der Waals surface area contributed by atoms with Crippen molar-refractivity contribution in [1.82, 2.24) is 4.98 Å². The van der Waals surface area contributed by atoms with Crippen molar-refractivity contribution in [2.45, 2.75) is 4.90 Å². The molecule has 0 aliphatic rings. The summed E-state index contributed by atoms with van der Waals surface area (Å²) in [5, 5.41) is 2.81. The Hall–Kier alpha value is -2.18. The van der Waals surface area contributed by atoms with Gasteiger partial charge < -0.3 is 0 Å². The number of hydrogen-bond acceptors (Lipinski definition) is 4. The van der Waals surface area contributed by atoms with Gasteiger partial charge in [0, 0.05) is 22.8 Å². The number of hydrogen-bond donors (Lipinski definition) is 1. The standard InChI is InChI=1S/C15H12N2O2S2/c18-21(19,14-4-2-1-3-5-14)17-13-8-6-12(7-9-13)15-16-10-11-20-15/h1-11,17H. The molecule has 0 bridgehead atoms. The lowest BCUT2D eigenvalue weighted by atomic mass is 10.2. The maximum atomic E-state index is 12.2. The summed E-state index contributed by atoms with van der Waals surface area (Å²) < 4.78 is 26.9. The average molecular weight is 316 g/mol. The summed E-state index contributed by atoms with van der Waals surface area (Å²) >= 11 is 1.54. The van der Waals surface area contributed by atoms with E-state index in [4.69, 9.17) is 0 Å². The second-order valence-electron chi connectivity index (χ2n) is 4.33. The van der Waals surface area contributed by atoms with Crippen LogP contribution in [0, 0.1) is 0 Å². The molecule has 0 saturated heterocycles. The summed E-state index contributed by atoms with van der Waals surface area (Å²) in [4.78, 5) is 4.46. The zero-order valence-electron chi connectivity index (χ0n) is 10.9. The lowest BCUT2D eigenvalue weighted by molar-refractivity contribution is 0.601. The van der Waals surface area contributed by atoms with E-state index >= 15 is 0 Å². The van der Waals surface area contributed by atoms with Crippen molar-refractivity contribution in [3.05, 3.63) is 66.2 Å². The average Bonchev–Trinajstić information content (AvgIpc) is 3.03. The summed E-state index contributed by atoms with van der Waals surface area (Å²) in [7, 11) is -3.54. The monoisotopic (exact) mass is 316 g/mol. The molecule has 1 heterocycles. The van der Waals surface area contributed by atoms with E-state index in [1.54, 1.807) is 60.0 Å². The minimum atomic E-state index is -3.54. The fourth-order valence-electron chi connectivity index (χ4n) is 1.86. The van der Waals surface area contributed by atoms with Crippen molar-refractivity contribution in [2.75, 3.05) is 4.72 Å². The SMILES string of the molecule is O=S(=O)(Nc1ccc(-c2nccs2)cc1)c1ccccc1. The zero-order valence-corrected chi connectivity index (χ0v) is 12.6. The third kappa shape index (κ3) is 3.12. The van der Waals surface area contributed by atoms with Gasteiger partial charge in [0.15, 0.2) is 0 Å². The molecule has 2 aromatic carbocycles. The predicted molar refractivity (Wildman–Crippen MR) is 84.8 cm³/mol. The molecule has 0 atom stereocenters. The molecule has 0 saturated carbocycles. The second-order valence-corrected chi connectivity index (χ2v) is 6.91.